The first kappa shape index (κ1) is 14.6. The Labute approximate surface area is 121 Å². The third-order valence-electron chi connectivity index (χ3n) is 3.70. The Kier molecular flexibility index (Phi) is 5.22. The van der Waals surface area contributed by atoms with Gasteiger partial charge in [-0.25, -0.2) is 4.79 Å². The van der Waals surface area contributed by atoms with E-state index in [4.69, 9.17) is 4.74 Å². The van der Waals surface area contributed by atoms with Crippen LogP contribution in [0.4, 0.5) is 5.69 Å². The molecule has 0 saturated carbocycles. The molecule has 0 saturated heterocycles. The summed E-state index contributed by atoms with van der Waals surface area (Å²) in [5.41, 5.74) is 2.19. The molecule has 3 heteroatoms. The van der Waals surface area contributed by atoms with Gasteiger partial charge in [0.15, 0.2) is 0 Å². The highest BCUT2D eigenvalue weighted by Crippen LogP contribution is 2.25. The van der Waals surface area contributed by atoms with E-state index in [0.29, 0.717) is 12.5 Å². The molecule has 20 heavy (non-hydrogen) atoms. The van der Waals surface area contributed by atoms with Gasteiger partial charge >= 0.3 is 5.97 Å². The van der Waals surface area contributed by atoms with Gasteiger partial charge in [0.05, 0.1) is 6.61 Å². The molecule has 0 fully saturated rings. The van der Waals surface area contributed by atoms with Crippen LogP contribution in [0.1, 0.15) is 31.7 Å². The highest BCUT2D eigenvalue weighted by atomic mass is 16.5. The summed E-state index contributed by atoms with van der Waals surface area (Å²) < 4.78 is 5.23. The van der Waals surface area contributed by atoms with Gasteiger partial charge in [0.2, 0.25) is 0 Å². The highest BCUT2D eigenvalue weighted by Gasteiger charge is 2.29. The van der Waals surface area contributed by atoms with Crippen molar-refractivity contribution in [1.82, 2.24) is 0 Å². The largest absolute Gasteiger partial charge is 0.464 e. The van der Waals surface area contributed by atoms with E-state index in [1.807, 2.05) is 31.2 Å². The summed E-state index contributed by atoms with van der Waals surface area (Å²) in [4.78, 5) is 12.2. The first-order valence-corrected chi connectivity index (χ1v) is 7.35. The Morgan fingerprint density at radius 2 is 2.10 bits per heavy atom. The normalized spacial score (nSPS) is 19.4. The fourth-order valence-corrected chi connectivity index (χ4v) is 2.55. The van der Waals surface area contributed by atoms with Crippen molar-refractivity contribution in [2.45, 2.75) is 39.2 Å². The lowest BCUT2D eigenvalue weighted by Crippen LogP contribution is -2.38. The van der Waals surface area contributed by atoms with E-state index in [2.05, 4.69) is 24.4 Å². The molecule has 0 aliphatic heterocycles. The van der Waals surface area contributed by atoms with Gasteiger partial charge in [0, 0.05) is 5.69 Å². The summed E-state index contributed by atoms with van der Waals surface area (Å²) in [5, 5.41) is 3.35. The maximum Gasteiger partial charge on any atom is 0.328 e. The van der Waals surface area contributed by atoms with Crippen molar-refractivity contribution in [3.63, 3.8) is 0 Å². The SMILES string of the molecule is CCOC(=O)C(Nc1ccc(C)cc1)C1CC=CCC1. The van der Waals surface area contributed by atoms with Gasteiger partial charge < -0.3 is 10.1 Å². The molecular weight excluding hydrogens is 250 g/mol. The molecule has 3 nitrogen and oxygen atoms in total. The summed E-state index contributed by atoms with van der Waals surface area (Å²) in [7, 11) is 0. The zero-order valence-electron chi connectivity index (χ0n) is 12.3. The van der Waals surface area contributed by atoms with Crippen LogP contribution in [0.25, 0.3) is 0 Å². The molecule has 1 aliphatic carbocycles. The predicted molar refractivity (Wildman–Crippen MR) is 81.7 cm³/mol. The second-order valence-electron chi connectivity index (χ2n) is 5.28. The number of carbonyl (C=O) groups excluding carboxylic acids is 1. The zero-order chi connectivity index (χ0) is 14.4. The van der Waals surface area contributed by atoms with Crippen molar-refractivity contribution in [2.75, 3.05) is 11.9 Å². The number of carbonyl (C=O) groups is 1. The Hall–Kier alpha value is -1.77. The third kappa shape index (κ3) is 3.86. The first-order valence-electron chi connectivity index (χ1n) is 7.35. The lowest BCUT2D eigenvalue weighted by Gasteiger charge is -2.28. The van der Waals surface area contributed by atoms with Crippen LogP contribution in [0.5, 0.6) is 0 Å². The molecule has 1 N–H and O–H groups in total. The maximum absolute atomic E-state index is 12.2. The number of hydrogen-bond acceptors (Lipinski definition) is 3. The molecule has 0 bridgehead atoms. The van der Waals surface area contributed by atoms with Crippen LogP contribution >= 0.6 is 0 Å². The monoisotopic (exact) mass is 273 g/mol. The van der Waals surface area contributed by atoms with Crippen LogP contribution in [0, 0.1) is 12.8 Å². The van der Waals surface area contributed by atoms with E-state index in [-0.39, 0.29) is 12.0 Å². The van der Waals surface area contributed by atoms with Gasteiger partial charge in [-0.1, -0.05) is 29.8 Å². The van der Waals surface area contributed by atoms with Crippen LogP contribution in [0.2, 0.25) is 0 Å². The van der Waals surface area contributed by atoms with E-state index in [1.54, 1.807) is 0 Å². The number of ether oxygens (including phenoxy) is 1. The number of rotatable bonds is 5. The van der Waals surface area contributed by atoms with Gasteiger partial charge in [-0.05, 0) is 51.2 Å². The first-order chi connectivity index (χ1) is 9.70. The number of esters is 1. The molecule has 0 amide bonds. The van der Waals surface area contributed by atoms with Gasteiger partial charge in [-0.2, -0.15) is 0 Å². The standard InChI is InChI=1S/C17H23NO2/c1-3-20-17(19)16(14-7-5-4-6-8-14)18-15-11-9-13(2)10-12-15/h4-5,9-12,14,16,18H,3,6-8H2,1-2H3. The van der Waals surface area contributed by atoms with E-state index < -0.39 is 0 Å². The topological polar surface area (TPSA) is 38.3 Å². The molecule has 108 valence electrons. The highest BCUT2D eigenvalue weighted by molar-refractivity contribution is 5.79. The minimum atomic E-state index is -0.261. The smallest absolute Gasteiger partial charge is 0.328 e. The van der Waals surface area contributed by atoms with Crippen LogP contribution in [-0.2, 0) is 9.53 Å². The number of benzene rings is 1. The fraction of sp³-hybridized carbons (Fsp3) is 0.471. The number of anilines is 1. The van der Waals surface area contributed by atoms with Gasteiger partial charge in [-0.15, -0.1) is 0 Å². The molecule has 0 heterocycles. The van der Waals surface area contributed by atoms with Gasteiger partial charge in [-0.3, -0.25) is 0 Å². The molecule has 0 aromatic heterocycles. The van der Waals surface area contributed by atoms with Crippen molar-refractivity contribution in [3.05, 3.63) is 42.0 Å². The molecule has 0 spiro atoms. The van der Waals surface area contributed by atoms with Crippen LogP contribution in [0.3, 0.4) is 0 Å². The predicted octanol–water partition coefficient (Wildman–Crippen LogP) is 3.69. The maximum atomic E-state index is 12.2. The van der Waals surface area contributed by atoms with E-state index in [9.17, 15) is 4.79 Å². The Balaban J connectivity index is 2.10. The molecule has 1 aromatic carbocycles. The molecule has 1 aromatic rings. The summed E-state index contributed by atoms with van der Waals surface area (Å²) in [6.45, 7) is 4.33. The zero-order valence-corrected chi connectivity index (χ0v) is 12.3. The number of allylic oxidation sites excluding steroid dienone is 2. The average molecular weight is 273 g/mol. The van der Waals surface area contributed by atoms with Crippen molar-refractivity contribution < 1.29 is 9.53 Å². The fourth-order valence-electron chi connectivity index (χ4n) is 2.55. The van der Waals surface area contributed by atoms with E-state index >= 15 is 0 Å². The van der Waals surface area contributed by atoms with Crippen molar-refractivity contribution in [2.24, 2.45) is 5.92 Å². The number of nitrogens with one attached hydrogen (secondary N) is 1. The molecule has 2 unspecified atom stereocenters. The van der Waals surface area contributed by atoms with Crippen molar-refractivity contribution in [3.8, 4) is 0 Å². The van der Waals surface area contributed by atoms with Crippen LogP contribution in [0.15, 0.2) is 36.4 Å². The summed E-state index contributed by atoms with van der Waals surface area (Å²) >= 11 is 0. The van der Waals surface area contributed by atoms with Gasteiger partial charge in [0.1, 0.15) is 6.04 Å². The molecule has 2 atom stereocenters. The summed E-state index contributed by atoms with van der Waals surface area (Å²) in [5.74, 6) is 0.161. The summed E-state index contributed by atoms with van der Waals surface area (Å²) in [6.07, 6.45) is 7.35. The van der Waals surface area contributed by atoms with E-state index in [1.165, 1.54) is 5.56 Å². The Morgan fingerprint density at radius 3 is 2.70 bits per heavy atom. The molecule has 1 aliphatic rings. The minimum Gasteiger partial charge on any atom is -0.464 e. The quantitative estimate of drug-likeness (QED) is 0.656. The summed E-state index contributed by atoms with van der Waals surface area (Å²) in [6, 6.07) is 7.86. The average Bonchev–Trinajstić information content (AvgIpc) is 2.48. The second kappa shape index (κ2) is 7.13. The van der Waals surface area contributed by atoms with Gasteiger partial charge in [0.25, 0.3) is 0 Å². The van der Waals surface area contributed by atoms with Crippen LogP contribution < -0.4 is 5.32 Å². The second-order valence-corrected chi connectivity index (χ2v) is 5.28. The lowest BCUT2D eigenvalue weighted by atomic mass is 9.87. The number of hydrogen-bond donors (Lipinski definition) is 1. The lowest BCUT2D eigenvalue weighted by molar-refractivity contribution is -0.145. The van der Waals surface area contributed by atoms with Crippen molar-refractivity contribution >= 4 is 11.7 Å². The Morgan fingerprint density at radius 1 is 1.35 bits per heavy atom. The van der Waals surface area contributed by atoms with E-state index in [0.717, 1.165) is 24.9 Å². The molecular formula is C17H23NO2. The minimum absolute atomic E-state index is 0.145. The Bertz CT molecular complexity index is 464. The molecule has 2 rings (SSSR count). The molecule has 0 radical (unpaired) electrons. The van der Waals surface area contributed by atoms with Crippen LogP contribution in [-0.4, -0.2) is 18.6 Å². The van der Waals surface area contributed by atoms with Crippen molar-refractivity contribution in [1.29, 1.82) is 0 Å². The number of aryl methyl sites for hydroxylation is 1. The third-order valence-corrected chi connectivity index (χ3v) is 3.70.